The zero-order valence-electron chi connectivity index (χ0n) is 44.5. The van der Waals surface area contributed by atoms with Crippen molar-refractivity contribution in [2.75, 3.05) is 37.2 Å². The molecule has 432 valence electrons. The molecule has 0 bridgehead atoms. The Morgan fingerprint density at radius 3 is 1.32 bits per heavy atom. The number of ketones is 6. The number of carbonyl (C=O) groups excluding carboxylic acids is 6. The van der Waals surface area contributed by atoms with Crippen molar-refractivity contribution >= 4 is 58.2 Å². The monoisotopic (exact) mass is 1160 g/mol. The highest BCUT2D eigenvalue weighted by Gasteiger charge is 2.53. The molecule has 8 unspecified atom stereocenters. The van der Waals surface area contributed by atoms with Crippen LogP contribution in [0.15, 0.2) is 36.4 Å². The summed E-state index contributed by atoms with van der Waals surface area (Å²) in [6, 6.07) is 7.04. The van der Waals surface area contributed by atoms with Crippen molar-refractivity contribution in [2.45, 2.75) is 131 Å². The molecule has 22 nitrogen and oxygen atoms in total. The molecule has 2 heterocycles. The molecule has 0 amide bonds. The van der Waals surface area contributed by atoms with E-state index >= 15 is 0 Å². The van der Waals surface area contributed by atoms with Crippen molar-refractivity contribution in [1.29, 1.82) is 0 Å². The van der Waals surface area contributed by atoms with E-state index in [4.69, 9.17) is 39.9 Å². The van der Waals surface area contributed by atoms with Crippen LogP contribution >= 0.6 is 23.5 Å². The van der Waals surface area contributed by atoms with Gasteiger partial charge >= 0.3 is 0 Å². The van der Waals surface area contributed by atoms with Gasteiger partial charge in [-0.25, -0.2) is 0 Å². The molecular weight excluding hydrogens is 1100 g/mol. The maximum atomic E-state index is 14.2. The third kappa shape index (κ3) is 9.99. The summed E-state index contributed by atoms with van der Waals surface area (Å²) in [5, 5.41) is 93.3. The number of rotatable bonds is 16. The summed E-state index contributed by atoms with van der Waals surface area (Å²) < 4.78 is 35.1. The number of methoxy groups -OCH3 is 2. The second-order valence-corrected chi connectivity index (χ2v) is 23.7. The van der Waals surface area contributed by atoms with Gasteiger partial charge in [0.1, 0.15) is 45.7 Å². The first-order chi connectivity index (χ1) is 38.4. The molecule has 81 heavy (non-hydrogen) atoms. The van der Waals surface area contributed by atoms with Crippen molar-refractivity contribution in [3.63, 3.8) is 0 Å². The van der Waals surface area contributed by atoms with Gasteiger partial charge in [0.15, 0.2) is 35.7 Å². The summed E-state index contributed by atoms with van der Waals surface area (Å²) in [5.74, 6) is -7.25. The Balaban J connectivity index is 0.830. The van der Waals surface area contributed by atoms with E-state index in [-0.39, 0.29) is 80.4 Å². The number of ether oxygens (including phenoxy) is 6. The van der Waals surface area contributed by atoms with Crippen LogP contribution in [0.2, 0.25) is 0 Å². The lowest BCUT2D eigenvalue weighted by atomic mass is 9.72. The maximum Gasteiger partial charge on any atom is 0.202 e. The minimum Gasteiger partial charge on any atom is -0.507 e. The number of aliphatic hydroxyl groups excluding tert-OH is 2. The van der Waals surface area contributed by atoms with Gasteiger partial charge in [-0.1, -0.05) is 24.3 Å². The van der Waals surface area contributed by atoms with Gasteiger partial charge in [-0.15, -0.1) is 0 Å². The number of phenols is 4. The van der Waals surface area contributed by atoms with Crippen molar-refractivity contribution in [2.24, 2.45) is 11.5 Å². The number of benzene rings is 4. The fourth-order valence-corrected chi connectivity index (χ4v) is 14.1. The number of fused-ring (bicyclic) bond motifs is 6. The lowest BCUT2D eigenvalue weighted by Crippen LogP contribution is -2.53. The van der Waals surface area contributed by atoms with E-state index in [2.05, 4.69) is 0 Å². The Morgan fingerprint density at radius 1 is 0.593 bits per heavy atom. The van der Waals surface area contributed by atoms with E-state index in [1.807, 2.05) is 0 Å². The number of thioether (sulfide) groups is 2. The molecule has 2 saturated heterocycles. The molecule has 0 spiro atoms. The number of hydrogen-bond acceptors (Lipinski definition) is 24. The highest BCUT2D eigenvalue weighted by atomic mass is 32.2. The van der Waals surface area contributed by atoms with Crippen LogP contribution in [0.3, 0.4) is 0 Å². The van der Waals surface area contributed by atoms with Crippen molar-refractivity contribution < 1.29 is 98.0 Å². The first kappa shape index (κ1) is 58.2. The van der Waals surface area contributed by atoms with Gasteiger partial charge < -0.3 is 80.7 Å². The molecule has 0 radical (unpaired) electrons. The Bertz CT molecular complexity index is 3060. The molecule has 4 aromatic rings. The predicted molar refractivity (Wildman–Crippen MR) is 289 cm³/mol. The van der Waals surface area contributed by atoms with Gasteiger partial charge in [-0.05, 0) is 43.9 Å². The molecule has 2 aliphatic heterocycles. The van der Waals surface area contributed by atoms with E-state index in [1.165, 1.54) is 50.6 Å². The van der Waals surface area contributed by atoms with E-state index in [0.717, 1.165) is 23.5 Å². The number of carbonyl (C=O) groups is 6. The van der Waals surface area contributed by atoms with Gasteiger partial charge in [0.25, 0.3) is 0 Å². The van der Waals surface area contributed by atoms with Crippen LogP contribution < -0.4 is 20.9 Å². The summed E-state index contributed by atoms with van der Waals surface area (Å²) in [5.41, 5.74) is 4.67. The van der Waals surface area contributed by atoms with Gasteiger partial charge in [0, 0.05) is 84.0 Å². The van der Waals surface area contributed by atoms with Crippen LogP contribution in [-0.4, -0.2) is 173 Å². The normalized spacial score (nSPS) is 29.4. The molecule has 4 aromatic carbocycles. The van der Waals surface area contributed by atoms with Crippen LogP contribution in [0.4, 0.5) is 0 Å². The summed E-state index contributed by atoms with van der Waals surface area (Å²) in [6.45, 7) is 3.14. The lowest BCUT2D eigenvalue weighted by Gasteiger charge is -2.42. The fraction of sp³-hybridized carbons (Fsp3) is 0.474. The SMILES string of the molecule is COc1cccc2c1C(=O)c1c(O)c3c(c(O)c1C2=O)C[C@@](O)(C(=O)CSCCCSCC(=O)[C@]1(O)Cc2c(O)c4c(c(O)c2[C@@H](OC2CC(N)C(O)C(C)O2)C1)C(=O)c1c(OC)cccc1C4=O)C[C@@H]3OC1CC(N)C(O)C(C)O1. The summed E-state index contributed by atoms with van der Waals surface area (Å²) >= 11 is 2.31. The smallest absolute Gasteiger partial charge is 0.202 e. The van der Waals surface area contributed by atoms with E-state index in [0.29, 0.717) is 17.9 Å². The van der Waals surface area contributed by atoms with Gasteiger partial charge in [-0.2, -0.15) is 23.5 Å². The second kappa shape index (κ2) is 22.3. The molecule has 24 heteroatoms. The maximum absolute atomic E-state index is 14.2. The van der Waals surface area contributed by atoms with Crippen molar-refractivity contribution in [3.8, 4) is 34.5 Å². The summed E-state index contributed by atoms with van der Waals surface area (Å²) in [7, 11) is 2.62. The molecule has 2 fully saturated rings. The molecule has 0 saturated carbocycles. The zero-order chi connectivity index (χ0) is 58.3. The van der Waals surface area contributed by atoms with Crippen LogP contribution in [-0.2, 0) is 41.4 Å². The van der Waals surface area contributed by atoms with E-state index < -0.39 is 178 Å². The van der Waals surface area contributed by atoms with Gasteiger partial charge in [-0.3, -0.25) is 28.8 Å². The Labute approximate surface area is 472 Å². The second-order valence-electron chi connectivity index (χ2n) is 21.5. The first-order valence-electron chi connectivity index (χ1n) is 26.3. The van der Waals surface area contributed by atoms with E-state index in [9.17, 15) is 69.6 Å². The molecule has 12 N–H and O–H groups in total. The highest BCUT2D eigenvalue weighted by Crippen LogP contribution is 2.55. The lowest BCUT2D eigenvalue weighted by molar-refractivity contribution is -0.247. The predicted octanol–water partition coefficient (Wildman–Crippen LogP) is 2.89. The zero-order valence-corrected chi connectivity index (χ0v) is 46.1. The van der Waals surface area contributed by atoms with Gasteiger partial charge in [0.05, 0.1) is 95.7 Å². The van der Waals surface area contributed by atoms with Crippen LogP contribution in [0, 0.1) is 0 Å². The molecule has 0 aromatic heterocycles. The van der Waals surface area contributed by atoms with Crippen LogP contribution in [0.1, 0.15) is 144 Å². The van der Waals surface area contributed by atoms with Crippen LogP contribution in [0.25, 0.3) is 0 Å². The Morgan fingerprint density at radius 2 is 0.963 bits per heavy atom. The number of hydrogen-bond donors (Lipinski definition) is 10. The number of aliphatic hydroxyl groups is 4. The molecular formula is C57H62N2O20S2. The van der Waals surface area contributed by atoms with Gasteiger partial charge in [0.2, 0.25) is 11.6 Å². The quantitative estimate of drug-likeness (QED) is 0.0492. The Kier molecular flexibility index (Phi) is 16.0. The summed E-state index contributed by atoms with van der Waals surface area (Å²) in [6.07, 6.45) is -10.7. The van der Waals surface area contributed by atoms with Crippen molar-refractivity contribution in [1.82, 2.24) is 0 Å². The Hall–Kier alpha value is -6.00. The number of aromatic hydroxyl groups is 4. The van der Waals surface area contributed by atoms with Crippen molar-refractivity contribution in [3.05, 3.63) is 103 Å². The standard InChI is InChI=1S/C57H62N2O20S2/c1-22-46(62)28(58)14-36(76-22)78-32-18-56(72,16-26-40(32)54(70)44-42(50(26)66)48(64)24-8-5-10-30(74-3)38(24)52(44)68)34(60)20-80-12-7-13-81-21-35(61)57(73)17-27-41(33(19-57)79-37-15-29(59)47(63)23(2)77-37)55(71)45-43(51(27)67)49(65)25-9-6-11-31(75-4)39(25)53(45)69/h5-6,8-11,22-23,28-29,32-33,36-37,46-47,62-63,66-67,70-73H,7,12-21,58-59H2,1-4H3/t22?,23?,28?,29?,32-,33-,36?,37?,46?,47?,56-,57-/m0/s1. The third-order valence-electron chi connectivity index (χ3n) is 16.4. The highest BCUT2D eigenvalue weighted by molar-refractivity contribution is 8.00. The number of phenolic OH excluding ortho intramolecular Hbond substituents is 4. The third-order valence-corrected chi connectivity index (χ3v) is 18.5. The molecule has 4 aliphatic carbocycles. The average Bonchev–Trinajstić information content (AvgIpc) is 1.72. The topological polar surface area (TPSA) is 372 Å². The first-order valence-corrected chi connectivity index (χ1v) is 28.7. The minimum atomic E-state index is -2.26. The summed E-state index contributed by atoms with van der Waals surface area (Å²) in [4.78, 5) is 84.7. The number of nitrogens with two attached hydrogens (primary N) is 2. The largest absolute Gasteiger partial charge is 0.507 e. The fourth-order valence-electron chi connectivity index (χ4n) is 12.1. The van der Waals surface area contributed by atoms with Crippen LogP contribution in [0.5, 0.6) is 34.5 Å². The molecule has 10 rings (SSSR count). The molecule has 6 aliphatic rings. The van der Waals surface area contributed by atoms with E-state index in [1.54, 1.807) is 13.8 Å². The average molecular weight is 1160 g/mol. The number of Topliss-reactive ketones (excluding diaryl/α,β-unsaturated/α-hetero) is 2. The minimum absolute atomic E-state index is 0.0458. The molecule has 12 atom stereocenters.